The van der Waals surface area contributed by atoms with E-state index in [-0.39, 0.29) is 11.8 Å². The average Bonchev–Trinajstić information content (AvgIpc) is 3.11. The lowest BCUT2D eigenvalue weighted by Gasteiger charge is -2.24. The first-order valence-corrected chi connectivity index (χ1v) is 7.56. The van der Waals surface area contributed by atoms with E-state index in [1.165, 1.54) is 16.9 Å². The highest BCUT2D eigenvalue weighted by molar-refractivity contribution is 5.86. The van der Waals surface area contributed by atoms with Crippen molar-refractivity contribution in [1.82, 2.24) is 14.5 Å². The van der Waals surface area contributed by atoms with Crippen molar-refractivity contribution < 1.29 is 14.6 Å². The summed E-state index contributed by atoms with van der Waals surface area (Å²) in [6, 6.07) is 3.69. The number of aromatic nitrogens is 2. The van der Waals surface area contributed by atoms with E-state index in [0.29, 0.717) is 29.7 Å². The van der Waals surface area contributed by atoms with Crippen LogP contribution in [0.25, 0.3) is 11.1 Å². The Morgan fingerprint density at radius 2 is 2.21 bits per heavy atom. The molecule has 0 spiro atoms. The number of pyridine rings is 1. The van der Waals surface area contributed by atoms with Gasteiger partial charge in [0.05, 0.1) is 23.5 Å². The third-order valence-electron chi connectivity index (χ3n) is 3.63. The minimum absolute atomic E-state index is 0.0432. The SMILES string of the molecule is CC(C)(C)OC(=O)N1CC=C(c2cc(O)cn3ncc(C#N)c23)C1. The van der Waals surface area contributed by atoms with E-state index in [2.05, 4.69) is 11.2 Å². The van der Waals surface area contributed by atoms with Gasteiger partial charge in [-0.25, -0.2) is 9.31 Å². The summed E-state index contributed by atoms with van der Waals surface area (Å²) in [6.07, 6.45) is 4.41. The van der Waals surface area contributed by atoms with Crippen LogP contribution in [-0.4, -0.2) is 44.4 Å². The molecule has 0 radical (unpaired) electrons. The van der Waals surface area contributed by atoms with E-state index in [1.807, 2.05) is 26.8 Å². The molecule has 24 heavy (non-hydrogen) atoms. The molecule has 0 aromatic carbocycles. The number of fused-ring (bicyclic) bond motifs is 1. The molecule has 3 heterocycles. The van der Waals surface area contributed by atoms with Gasteiger partial charge in [-0.3, -0.25) is 0 Å². The smallest absolute Gasteiger partial charge is 0.410 e. The van der Waals surface area contributed by atoms with Gasteiger partial charge >= 0.3 is 6.09 Å². The minimum Gasteiger partial charge on any atom is -0.506 e. The molecule has 1 N–H and O–H groups in total. The summed E-state index contributed by atoms with van der Waals surface area (Å²) in [6.45, 7) is 6.23. The Morgan fingerprint density at radius 3 is 2.88 bits per heavy atom. The molecule has 0 atom stereocenters. The molecule has 3 rings (SSSR count). The van der Waals surface area contributed by atoms with Crippen molar-refractivity contribution in [3.05, 3.63) is 35.7 Å². The standard InChI is InChI=1S/C17H18N4O3/c1-17(2,3)24-16(23)20-5-4-11(9-20)14-6-13(22)10-21-15(14)12(7-18)8-19-21/h4,6,8,10,22H,5,9H2,1-3H3. The molecule has 0 unspecified atom stereocenters. The Labute approximate surface area is 139 Å². The van der Waals surface area contributed by atoms with Gasteiger partial charge in [-0.15, -0.1) is 0 Å². The summed E-state index contributed by atoms with van der Waals surface area (Å²) >= 11 is 0. The number of hydrogen-bond acceptors (Lipinski definition) is 5. The number of ether oxygens (including phenoxy) is 1. The average molecular weight is 326 g/mol. The number of amides is 1. The highest BCUT2D eigenvalue weighted by Crippen LogP contribution is 2.30. The van der Waals surface area contributed by atoms with Gasteiger partial charge in [-0.05, 0) is 32.4 Å². The molecule has 0 saturated carbocycles. The summed E-state index contributed by atoms with van der Waals surface area (Å²) in [7, 11) is 0. The first-order valence-electron chi connectivity index (χ1n) is 7.56. The van der Waals surface area contributed by atoms with Crippen molar-refractivity contribution in [3.8, 4) is 11.8 Å². The highest BCUT2D eigenvalue weighted by Gasteiger charge is 2.27. The van der Waals surface area contributed by atoms with E-state index in [0.717, 1.165) is 5.57 Å². The van der Waals surface area contributed by atoms with Gasteiger partial charge in [-0.2, -0.15) is 10.4 Å². The summed E-state index contributed by atoms with van der Waals surface area (Å²) in [5, 5.41) is 23.3. The van der Waals surface area contributed by atoms with Gasteiger partial charge in [0.25, 0.3) is 0 Å². The molecule has 0 fully saturated rings. The van der Waals surface area contributed by atoms with Crippen LogP contribution in [-0.2, 0) is 4.74 Å². The van der Waals surface area contributed by atoms with E-state index in [1.54, 1.807) is 11.0 Å². The molecule has 7 nitrogen and oxygen atoms in total. The van der Waals surface area contributed by atoms with Crippen molar-refractivity contribution in [1.29, 1.82) is 5.26 Å². The molecule has 1 aliphatic rings. The van der Waals surface area contributed by atoms with Crippen LogP contribution in [0.3, 0.4) is 0 Å². The molecule has 0 aliphatic carbocycles. The second-order valence-corrected chi connectivity index (χ2v) is 6.67. The number of rotatable bonds is 1. The van der Waals surface area contributed by atoms with Crippen LogP contribution in [0.4, 0.5) is 4.79 Å². The quantitative estimate of drug-likeness (QED) is 0.869. The fourth-order valence-electron chi connectivity index (χ4n) is 2.65. The van der Waals surface area contributed by atoms with Crippen LogP contribution in [0.15, 0.2) is 24.5 Å². The van der Waals surface area contributed by atoms with Gasteiger partial charge in [0.2, 0.25) is 0 Å². The van der Waals surface area contributed by atoms with Crippen molar-refractivity contribution >= 4 is 17.2 Å². The second kappa shape index (κ2) is 5.57. The maximum absolute atomic E-state index is 12.2. The lowest BCUT2D eigenvalue weighted by Crippen LogP contribution is -2.35. The van der Waals surface area contributed by atoms with Crippen molar-refractivity contribution in [2.45, 2.75) is 26.4 Å². The maximum Gasteiger partial charge on any atom is 0.410 e. The third kappa shape index (κ3) is 2.91. The van der Waals surface area contributed by atoms with Crippen LogP contribution in [0.5, 0.6) is 5.75 Å². The van der Waals surface area contributed by atoms with Crippen molar-refractivity contribution in [3.63, 3.8) is 0 Å². The first kappa shape index (κ1) is 15.9. The lowest BCUT2D eigenvalue weighted by atomic mass is 10.0. The normalized spacial score (nSPS) is 14.6. The predicted molar refractivity (Wildman–Crippen MR) is 87.4 cm³/mol. The van der Waals surface area contributed by atoms with Gasteiger partial charge in [0, 0.05) is 18.7 Å². The van der Waals surface area contributed by atoms with Gasteiger partial charge < -0.3 is 14.7 Å². The van der Waals surface area contributed by atoms with Gasteiger partial charge in [0.1, 0.15) is 17.4 Å². The third-order valence-corrected chi connectivity index (χ3v) is 3.63. The Bertz CT molecular complexity index is 884. The predicted octanol–water partition coefficient (Wildman–Crippen LogP) is 2.55. The van der Waals surface area contributed by atoms with Crippen molar-refractivity contribution in [2.75, 3.05) is 13.1 Å². The molecule has 0 bridgehead atoms. The zero-order valence-electron chi connectivity index (χ0n) is 13.8. The molecule has 7 heteroatoms. The van der Waals surface area contributed by atoms with Crippen molar-refractivity contribution in [2.24, 2.45) is 0 Å². The number of carbonyl (C=O) groups is 1. The molecule has 2 aromatic heterocycles. The van der Waals surface area contributed by atoms with E-state index >= 15 is 0 Å². The van der Waals surface area contributed by atoms with E-state index in [9.17, 15) is 15.2 Å². The summed E-state index contributed by atoms with van der Waals surface area (Å²) in [5.74, 6) is 0.0432. The highest BCUT2D eigenvalue weighted by atomic mass is 16.6. The van der Waals surface area contributed by atoms with E-state index in [4.69, 9.17) is 4.74 Å². The summed E-state index contributed by atoms with van der Waals surface area (Å²) < 4.78 is 6.85. The van der Waals surface area contributed by atoms with Gasteiger partial charge in [0.15, 0.2) is 0 Å². The van der Waals surface area contributed by atoms with Crippen LogP contribution < -0.4 is 0 Å². The molecular formula is C17H18N4O3. The topological polar surface area (TPSA) is 90.9 Å². The fraction of sp³-hybridized carbons (Fsp3) is 0.353. The molecule has 2 aromatic rings. The minimum atomic E-state index is -0.558. The Kier molecular flexibility index (Phi) is 3.68. The Hall–Kier alpha value is -3.01. The number of nitrogens with zero attached hydrogens (tertiary/aromatic N) is 4. The van der Waals surface area contributed by atoms with Crippen LogP contribution in [0.1, 0.15) is 31.9 Å². The maximum atomic E-state index is 12.2. The van der Waals surface area contributed by atoms with E-state index < -0.39 is 5.60 Å². The first-order chi connectivity index (χ1) is 11.3. The second-order valence-electron chi connectivity index (χ2n) is 6.67. The molecular weight excluding hydrogens is 308 g/mol. The van der Waals surface area contributed by atoms with Crippen LogP contribution in [0, 0.1) is 11.3 Å². The fourth-order valence-corrected chi connectivity index (χ4v) is 2.65. The molecule has 1 amide bonds. The zero-order chi connectivity index (χ0) is 17.5. The number of carbonyl (C=O) groups excluding carboxylic acids is 1. The lowest BCUT2D eigenvalue weighted by molar-refractivity contribution is 0.0306. The largest absolute Gasteiger partial charge is 0.506 e. The molecule has 1 aliphatic heterocycles. The van der Waals surface area contributed by atoms with Gasteiger partial charge in [-0.1, -0.05) is 6.08 Å². The molecule has 0 saturated heterocycles. The Morgan fingerprint density at radius 1 is 1.46 bits per heavy atom. The number of hydrogen-bond donors (Lipinski definition) is 1. The number of aromatic hydroxyl groups is 1. The number of nitriles is 1. The summed E-state index contributed by atoms with van der Waals surface area (Å²) in [5.41, 5.74) is 2.01. The summed E-state index contributed by atoms with van der Waals surface area (Å²) in [4.78, 5) is 13.8. The Balaban J connectivity index is 1.92. The molecule has 124 valence electrons. The van der Waals surface area contributed by atoms with Crippen LogP contribution in [0.2, 0.25) is 0 Å². The monoisotopic (exact) mass is 326 g/mol. The van der Waals surface area contributed by atoms with Crippen LogP contribution >= 0.6 is 0 Å². The zero-order valence-corrected chi connectivity index (χ0v) is 13.8.